The van der Waals surface area contributed by atoms with Crippen LogP contribution in [-0.4, -0.2) is 70.1 Å². The molecule has 0 heterocycles. The van der Waals surface area contributed by atoms with E-state index in [0.717, 1.165) is 0 Å². The van der Waals surface area contributed by atoms with E-state index in [0.29, 0.717) is 24.3 Å². The smallest absolute Gasteiger partial charge is 0.326 e. The molecule has 0 aliphatic carbocycles. The van der Waals surface area contributed by atoms with Crippen LogP contribution in [0.3, 0.4) is 0 Å². The number of hydrogen-bond donors (Lipinski definition) is 4. The van der Waals surface area contributed by atoms with Crippen molar-refractivity contribution in [2.45, 2.75) is 24.9 Å². The highest BCUT2D eigenvalue weighted by atomic mass is 32.2. The molecule has 4 N–H and O–H groups in total. The molecule has 0 spiro atoms. The van der Waals surface area contributed by atoms with Crippen molar-refractivity contribution in [2.75, 3.05) is 24.0 Å². The van der Waals surface area contributed by atoms with Crippen LogP contribution in [0, 0.1) is 0 Å². The topological polar surface area (TPSA) is 133 Å². The summed E-state index contributed by atoms with van der Waals surface area (Å²) in [6, 6.07) is 3.61. The fourth-order valence-corrected chi connectivity index (χ4v) is 3.19. The van der Waals surface area contributed by atoms with E-state index in [-0.39, 0.29) is 11.1 Å². The summed E-state index contributed by atoms with van der Waals surface area (Å²) in [5.41, 5.74) is 0.424. The molecule has 1 aromatic carbocycles. The first kappa shape index (κ1) is 23.8. The Bertz CT molecular complexity index is 637. The van der Waals surface area contributed by atoms with Crippen molar-refractivity contribution in [3.8, 4) is 0 Å². The van der Waals surface area contributed by atoms with Gasteiger partial charge < -0.3 is 20.8 Å². The normalized spacial score (nSPS) is 12.6. The molecule has 0 saturated carbocycles. The lowest BCUT2D eigenvalue weighted by molar-refractivity contribution is -0.140. The molecular weight excluding hydrogens is 404 g/mol. The summed E-state index contributed by atoms with van der Waals surface area (Å²) < 4.78 is 0. The average Bonchev–Trinajstić information content (AvgIpc) is 2.67. The van der Waals surface area contributed by atoms with Gasteiger partial charge in [0.25, 0.3) is 11.8 Å². The zero-order valence-electron chi connectivity index (χ0n) is 15.6. The first-order valence-corrected chi connectivity index (χ1v) is 11.2. The molecule has 154 valence electrons. The minimum Gasteiger partial charge on any atom is -0.480 e. The Morgan fingerprint density at radius 1 is 0.786 bits per heavy atom. The van der Waals surface area contributed by atoms with Crippen molar-refractivity contribution in [3.05, 3.63) is 35.4 Å². The summed E-state index contributed by atoms with van der Waals surface area (Å²) in [6.07, 6.45) is 4.30. The van der Waals surface area contributed by atoms with Crippen LogP contribution in [0.5, 0.6) is 0 Å². The number of aliphatic carboxylic acids is 2. The van der Waals surface area contributed by atoms with Crippen LogP contribution in [0.1, 0.15) is 33.6 Å². The molecule has 2 atom stereocenters. The van der Waals surface area contributed by atoms with E-state index in [1.165, 1.54) is 47.8 Å². The Labute approximate surface area is 171 Å². The molecular formula is C18H24N2O6S2. The lowest BCUT2D eigenvalue weighted by atomic mass is 10.1. The van der Waals surface area contributed by atoms with E-state index >= 15 is 0 Å². The van der Waals surface area contributed by atoms with Gasteiger partial charge >= 0.3 is 11.9 Å². The molecule has 0 bridgehead atoms. The Morgan fingerprint density at radius 2 is 1.11 bits per heavy atom. The van der Waals surface area contributed by atoms with Crippen LogP contribution in [0.25, 0.3) is 0 Å². The number of hydrogen-bond acceptors (Lipinski definition) is 6. The zero-order valence-corrected chi connectivity index (χ0v) is 17.3. The zero-order chi connectivity index (χ0) is 21.1. The second-order valence-electron chi connectivity index (χ2n) is 5.87. The molecule has 0 unspecified atom stereocenters. The quantitative estimate of drug-likeness (QED) is 0.394. The molecule has 0 radical (unpaired) electrons. The maximum atomic E-state index is 12.2. The largest absolute Gasteiger partial charge is 0.480 e. The monoisotopic (exact) mass is 428 g/mol. The van der Waals surface area contributed by atoms with Gasteiger partial charge in [0.1, 0.15) is 12.1 Å². The van der Waals surface area contributed by atoms with E-state index in [2.05, 4.69) is 10.6 Å². The lowest BCUT2D eigenvalue weighted by Crippen LogP contribution is -2.41. The highest BCUT2D eigenvalue weighted by molar-refractivity contribution is 7.98. The second kappa shape index (κ2) is 12.3. The molecule has 0 saturated heterocycles. The summed E-state index contributed by atoms with van der Waals surface area (Å²) in [4.78, 5) is 46.9. The van der Waals surface area contributed by atoms with Crippen LogP contribution in [-0.2, 0) is 9.59 Å². The van der Waals surface area contributed by atoms with Gasteiger partial charge in [-0.25, -0.2) is 9.59 Å². The first-order valence-electron chi connectivity index (χ1n) is 8.45. The molecule has 0 aliphatic rings. The van der Waals surface area contributed by atoms with Crippen molar-refractivity contribution in [2.24, 2.45) is 0 Å². The van der Waals surface area contributed by atoms with Gasteiger partial charge in [-0.2, -0.15) is 23.5 Å². The Kier molecular flexibility index (Phi) is 10.5. The minimum absolute atomic E-state index is 0.212. The highest BCUT2D eigenvalue weighted by Gasteiger charge is 2.22. The molecule has 0 fully saturated rings. The first-order chi connectivity index (χ1) is 13.3. The highest BCUT2D eigenvalue weighted by Crippen LogP contribution is 2.08. The molecule has 2 amide bonds. The number of rotatable bonds is 12. The number of nitrogens with one attached hydrogen (secondary N) is 2. The molecule has 10 heteroatoms. The van der Waals surface area contributed by atoms with Crippen molar-refractivity contribution in [1.82, 2.24) is 10.6 Å². The molecule has 0 aromatic heterocycles. The minimum atomic E-state index is -1.11. The predicted molar refractivity (Wildman–Crippen MR) is 110 cm³/mol. The molecule has 0 aliphatic heterocycles. The molecule has 1 rings (SSSR count). The summed E-state index contributed by atoms with van der Waals surface area (Å²) in [5, 5.41) is 23.3. The van der Waals surface area contributed by atoms with Crippen LogP contribution >= 0.6 is 23.5 Å². The van der Waals surface area contributed by atoms with Gasteiger partial charge in [-0.15, -0.1) is 0 Å². The van der Waals surface area contributed by atoms with Gasteiger partial charge in [-0.1, -0.05) is 0 Å². The van der Waals surface area contributed by atoms with Crippen LogP contribution in [0.2, 0.25) is 0 Å². The number of carboxylic acid groups (broad SMARTS) is 2. The van der Waals surface area contributed by atoms with Crippen LogP contribution in [0.15, 0.2) is 24.3 Å². The summed E-state index contributed by atoms with van der Waals surface area (Å²) in [6.45, 7) is 0. The summed E-state index contributed by atoms with van der Waals surface area (Å²) in [5.74, 6) is -2.13. The Hall–Kier alpha value is -2.20. The van der Waals surface area contributed by atoms with Gasteiger partial charge in [-0.3, -0.25) is 9.59 Å². The SMILES string of the molecule is CSCC[C@H](NC(=O)c1ccc(C(=O)N[C@H](CCSC)C(=O)O)cc1)C(=O)O. The maximum Gasteiger partial charge on any atom is 0.326 e. The summed E-state index contributed by atoms with van der Waals surface area (Å²) in [7, 11) is 0. The number of benzene rings is 1. The van der Waals surface area contributed by atoms with Crippen LogP contribution in [0.4, 0.5) is 0 Å². The Balaban J connectivity index is 2.75. The third-order valence-corrected chi connectivity index (χ3v) is 5.13. The fourth-order valence-electron chi connectivity index (χ4n) is 2.24. The number of carbonyl (C=O) groups is 4. The van der Waals surface area contributed by atoms with Crippen molar-refractivity contribution < 1.29 is 29.4 Å². The van der Waals surface area contributed by atoms with E-state index in [4.69, 9.17) is 0 Å². The van der Waals surface area contributed by atoms with Crippen molar-refractivity contribution in [1.29, 1.82) is 0 Å². The molecule has 8 nitrogen and oxygen atoms in total. The van der Waals surface area contributed by atoms with Crippen LogP contribution < -0.4 is 10.6 Å². The van der Waals surface area contributed by atoms with Gasteiger partial charge in [0.15, 0.2) is 0 Å². The number of carbonyl (C=O) groups excluding carboxylic acids is 2. The molecule has 1 aromatic rings. The predicted octanol–water partition coefficient (Wildman–Crippen LogP) is 1.56. The van der Waals surface area contributed by atoms with E-state index in [1.54, 1.807) is 0 Å². The second-order valence-corrected chi connectivity index (χ2v) is 7.84. The number of amides is 2. The fraction of sp³-hybridized carbons (Fsp3) is 0.444. The van der Waals surface area contributed by atoms with Gasteiger partial charge in [0.05, 0.1) is 0 Å². The maximum absolute atomic E-state index is 12.2. The third kappa shape index (κ3) is 7.81. The van der Waals surface area contributed by atoms with Crippen molar-refractivity contribution in [3.63, 3.8) is 0 Å². The van der Waals surface area contributed by atoms with Crippen molar-refractivity contribution >= 4 is 47.3 Å². The standard InChI is InChI=1S/C18H24N2O6S2/c1-27-9-7-13(17(23)24)19-15(21)11-3-5-12(6-4-11)16(22)20-14(18(25)26)8-10-28-2/h3-6,13-14H,7-10H2,1-2H3,(H,19,21)(H,20,22)(H,23,24)(H,25,26)/t13-,14+. The average molecular weight is 429 g/mol. The summed E-state index contributed by atoms with van der Waals surface area (Å²) >= 11 is 2.97. The number of carboxylic acids is 2. The third-order valence-electron chi connectivity index (χ3n) is 3.84. The number of thioether (sulfide) groups is 2. The van der Waals surface area contributed by atoms with E-state index in [9.17, 15) is 29.4 Å². The van der Waals surface area contributed by atoms with Gasteiger partial charge in [0.2, 0.25) is 0 Å². The van der Waals surface area contributed by atoms with Gasteiger partial charge in [-0.05, 0) is 61.1 Å². The Morgan fingerprint density at radius 3 is 1.36 bits per heavy atom. The molecule has 28 heavy (non-hydrogen) atoms. The van der Waals surface area contributed by atoms with E-state index in [1.807, 2.05) is 12.5 Å². The van der Waals surface area contributed by atoms with Gasteiger partial charge in [0, 0.05) is 11.1 Å². The lowest BCUT2D eigenvalue weighted by Gasteiger charge is -2.15. The van der Waals surface area contributed by atoms with E-state index < -0.39 is 35.8 Å².